The Balaban J connectivity index is 1.54. The van der Waals surface area contributed by atoms with Crippen LogP contribution < -0.4 is 10.1 Å². The number of rotatable bonds is 6. The fourth-order valence-electron chi connectivity index (χ4n) is 3.81. The van der Waals surface area contributed by atoms with E-state index in [1.54, 1.807) is 0 Å². The molecule has 3 aromatic rings. The number of hydrogen-bond acceptors (Lipinski definition) is 5. The number of amides is 1. The second kappa shape index (κ2) is 8.29. The third-order valence-corrected chi connectivity index (χ3v) is 7.39. The molecule has 0 aliphatic carbocycles. The number of methoxy groups -OCH3 is 1. The first kappa shape index (κ1) is 21.3. The summed E-state index contributed by atoms with van der Waals surface area (Å²) in [6.45, 7) is 0.149. The van der Waals surface area contributed by atoms with Crippen molar-refractivity contribution in [2.75, 3.05) is 25.6 Å². The largest absolute Gasteiger partial charge is 0.496 e. The summed E-state index contributed by atoms with van der Waals surface area (Å²) >= 11 is 0. The van der Waals surface area contributed by atoms with Crippen LogP contribution >= 0.6 is 0 Å². The van der Waals surface area contributed by atoms with Gasteiger partial charge >= 0.3 is 0 Å². The number of H-pyrrole nitrogens is 1. The third-order valence-electron chi connectivity index (χ3n) is 5.42. The first-order chi connectivity index (χ1) is 14.8. The molecule has 1 unspecified atom stereocenters. The van der Waals surface area contributed by atoms with Crippen molar-refractivity contribution in [3.05, 3.63) is 54.0 Å². The number of aromatic amines is 1. The lowest BCUT2D eigenvalue weighted by atomic mass is 10.2. The molecule has 0 bridgehead atoms. The molecule has 4 rings (SSSR count). The van der Waals surface area contributed by atoms with Crippen LogP contribution in [0, 0.1) is 5.82 Å². The molecule has 31 heavy (non-hydrogen) atoms. The summed E-state index contributed by atoms with van der Waals surface area (Å²) < 4.78 is 46.2. The minimum atomic E-state index is -3.73. The van der Waals surface area contributed by atoms with Gasteiger partial charge in [0.1, 0.15) is 17.3 Å². The van der Waals surface area contributed by atoms with Gasteiger partial charge in [-0.1, -0.05) is 0 Å². The average molecular weight is 447 g/mol. The standard InChI is InChI=1S/C21H22FN3O5S/c1-30-19-9-8-17(22)20-16(19)11-18(24-20)21(27)23-13-4-6-15(7-5-13)31(28,29)25-10-2-3-14(25)12-26/h4-9,11,14,24,26H,2-3,10,12H2,1H3,(H,23,27). The number of carbonyl (C=O) groups excluding carboxylic acids is 1. The Morgan fingerprint density at radius 1 is 1.29 bits per heavy atom. The van der Waals surface area contributed by atoms with Gasteiger partial charge in [-0.05, 0) is 55.3 Å². The zero-order valence-electron chi connectivity index (χ0n) is 16.8. The smallest absolute Gasteiger partial charge is 0.272 e. The van der Waals surface area contributed by atoms with E-state index in [1.807, 2.05) is 0 Å². The number of anilines is 1. The van der Waals surface area contributed by atoms with Crippen molar-refractivity contribution < 1.29 is 27.4 Å². The molecule has 3 N–H and O–H groups in total. The predicted octanol–water partition coefficient (Wildman–Crippen LogP) is 2.71. The fourth-order valence-corrected chi connectivity index (χ4v) is 5.50. The maximum Gasteiger partial charge on any atom is 0.272 e. The van der Waals surface area contributed by atoms with E-state index in [1.165, 1.54) is 53.9 Å². The summed E-state index contributed by atoms with van der Waals surface area (Å²) in [5.41, 5.74) is 0.683. The van der Waals surface area contributed by atoms with Crippen LogP contribution in [0.25, 0.3) is 10.9 Å². The van der Waals surface area contributed by atoms with E-state index >= 15 is 0 Å². The van der Waals surface area contributed by atoms with E-state index in [-0.39, 0.29) is 22.7 Å². The highest BCUT2D eigenvalue weighted by Gasteiger charge is 2.34. The summed E-state index contributed by atoms with van der Waals surface area (Å²) in [4.78, 5) is 15.4. The number of benzene rings is 2. The number of halogens is 1. The second-order valence-electron chi connectivity index (χ2n) is 7.29. The SMILES string of the molecule is COc1ccc(F)c2[nH]c(C(=O)Nc3ccc(S(=O)(=O)N4CCCC4CO)cc3)cc12. The number of fused-ring (bicyclic) bond motifs is 1. The van der Waals surface area contributed by atoms with Crippen LogP contribution in [-0.2, 0) is 10.0 Å². The van der Waals surface area contributed by atoms with Crippen LogP contribution in [0.2, 0.25) is 0 Å². The number of ether oxygens (including phenoxy) is 1. The van der Waals surface area contributed by atoms with Gasteiger partial charge in [-0.25, -0.2) is 12.8 Å². The topological polar surface area (TPSA) is 112 Å². The number of carbonyl (C=O) groups is 1. The highest BCUT2D eigenvalue weighted by atomic mass is 32.2. The minimum Gasteiger partial charge on any atom is -0.496 e. The maximum absolute atomic E-state index is 14.0. The van der Waals surface area contributed by atoms with Gasteiger partial charge in [0.25, 0.3) is 5.91 Å². The van der Waals surface area contributed by atoms with Crippen LogP contribution in [0.1, 0.15) is 23.3 Å². The molecule has 1 aromatic heterocycles. The van der Waals surface area contributed by atoms with E-state index in [2.05, 4.69) is 10.3 Å². The number of nitrogens with one attached hydrogen (secondary N) is 2. The Labute approximate surface area is 178 Å². The number of aliphatic hydroxyl groups is 1. The van der Waals surface area contributed by atoms with Crippen LogP contribution in [0.15, 0.2) is 47.4 Å². The molecule has 164 valence electrons. The molecule has 1 saturated heterocycles. The van der Waals surface area contributed by atoms with Gasteiger partial charge in [-0.2, -0.15) is 4.31 Å². The van der Waals surface area contributed by atoms with Gasteiger partial charge in [0.2, 0.25) is 10.0 Å². The van der Waals surface area contributed by atoms with Crippen molar-refractivity contribution in [2.45, 2.75) is 23.8 Å². The zero-order valence-corrected chi connectivity index (χ0v) is 17.6. The number of sulfonamides is 1. The summed E-state index contributed by atoms with van der Waals surface area (Å²) in [6.07, 6.45) is 1.33. The average Bonchev–Trinajstić information content (AvgIpc) is 3.43. The van der Waals surface area contributed by atoms with Crippen LogP contribution in [-0.4, -0.2) is 55.0 Å². The zero-order chi connectivity index (χ0) is 22.2. The van der Waals surface area contributed by atoms with Crippen molar-refractivity contribution in [1.82, 2.24) is 9.29 Å². The van der Waals surface area contributed by atoms with Crippen molar-refractivity contribution in [2.24, 2.45) is 0 Å². The Hall–Kier alpha value is -2.95. The van der Waals surface area contributed by atoms with Crippen molar-refractivity contribution >= 4 is 32.5 Å². The summed E-state index contributed by atoms with van der Waals surface area (Å²) in [5.74, 6) is -0.579. The molecule has 10 heteroatoms. The molecule has 0 saturated carbocycles. The van der Waals surface area contributed by atoms with Crippen molar-refractivity contribution in [1.29, 1.82) is 0 Å². The molecule has 1 aliphatic rings. The highest BCUT2D eigenvalue weighted by Crippen LogP contribution is 2.29. The second-order valence-corrected chi connectivity index (χ2v) is 9.18. The Morgan fingerprint density at radius 2 is 2.03 bits per heavy atom. The maximum atomic E-state index is 14.0. The lowest BCUT2D eigenvalue weighted by Gasteiger charge is -2.22. The van der Waals surface area contributed by atoms with Crippen LogP contribution in [0.3, 0.4) is 0 Å². The Morgan fingerprint density at radius 3 is 2.71 bits per heavy atom. The molecule has 1 fully saturated rings. The van der Waals surface area contributed by atoms with Gasteiger partial charge in [0.05, 0.1) is 24.1 Å². The minimum absolute atomic E-state index is 0.0864. The highest BCUT2D eigenvalue weighted by molar-refractivity contribution is 7.89. The first-order valence-corrected chi connectivity index (χ1v) is 11.2. The lowest BCUT2D eigenvalue weighted by Crippen LogP contribution is -2.37. The summed E-state index contributed by atoms with van der Waals surface area (Å²) in [6, 6.07) is 9.60. The normalized spacial score (nSPS) is 17.2. The monoisotopic (exact) mass is 447 g/mol. The van der Waals surface area contributed by atoms with E-state index in [9.17, 15) is 22.7 Å². The third kappa shape index (κ3) is 3.89. The van der Waals surface area contributed by atoms with Gasteiger partial charge in [-0.3, -0.25) is 4.79 Å². The Kier molecular flexibility index (Phi) is 5.69. The number of aliphatic hydroxyl groups excluding tert-OH is 1. The van der Waals surface area contributed by atoms with Crippen molar-refractivity contribution in [3.8, 4) is 5.75 Å². The molecule has 0 radical (unpaired) electrons. The Bertz CT molecular complexity index is 1220. The van der Waals surface area contributed by atoms with Gasteiger partial charge in [-0.15, -0.1) is 0 Å². The van der Waals surface area contributed by atoms with Gasteiger partial charge in [0, 0.05) is 23.7 Å². The summed E-state index contributed by atoms with van der Waals surface area (Å²) in [7, 11) is -2.27. The molecule has 2 heterocycles. The molecule has 1 amide bonds. The summed E-state index contributed by atoms with van der Waals surface area (Å²) in [5, 5.41) is 12.5. The van der Waals surface area contributed by atoms with E-state index < -0.39 is 27.8 Å². The van der Waals surface area contributed by atoms with Crippen LogP contribution in [0.4, 0.5) is 10.1 Å². The number of nitrogens with zero attached hydrogens (tertiary/aromatic N) is 1. The van der Waals surface area contributed by atoms with E-state index in [4.69, 9.17) is 4.74 Å². The molecule has 8 nitrogen and oxygen atoms in total. The van der Waals surface area contributed by atoms with Crippen LogP contribution in [0.5, 0.6) is 5.75 Å². The quantitative estimate of drug-likeness (QED) is 0.538. The van der Waals surface area contributed by atoms with Crippen molar-refractivity contribution in [3.63, 3.8) is 0 Å². The van der Waals surface area contributed by atoms with E-state index in [0.29, 0.717) is 36.2 Å². The van der Waals surface area contributed by atoms with E-state index in [0.717, 1.165) is 0 Å². The molecular weight excluding hydrogens is 425 g/mol. The molecule has 1 atom stereocenters. The molecule has 2 aromatic carbocycles. The lowest BCUT2D eigenvalue weighted by molar-refractivity contribution is 0.102. The predicted molar refractivity (Wildman–Crippen MR) is 113 cm³/mol. The fraction of sp³-hybridized carbons (Fsp3) is 0.286. The number of hydrogen-bond donors (Lipinski definition) is 3. The molecular formula is C21H22FN3O5S. The number of aromatic nitrogens is 1. The first-order valence-electron chi connectivity index (χ1n) is 9.74. The molecule has 0 spiro atoms. The van der Waals surface area contributed by atoms with Gasteiger partial charge in [0.15, 0.2) is 0 Å². The van der Waals surface area contributed by atoms with Gasteiger partial charge < -0.3 is 20.1 Å². The molecule has 1 aliphatic heterocycles.